The van der Waals surface area contributed by atoms with Crippen molar-refractivity contribution in [1.29, 1.82) is 0 Å². The molecule has 3 nitrogen and oxygen atoms in total. The molecular formula is C33H41NO2. The van der Waals surface area contributed by atoms with Crippen LogP contribution in [0.15, 0.2) is 66.8 Å². The number of amides is 1. The zero-order valence-corrected chi connectivity index (χ0v) is 22.0. The molecule has 190 valence electrons. The maximum atomic E-state index is 13.0. The molecule has 0 spiro atoms. The maximum absolute atomic E-state index is 13.0. The summed E-state index contributed by atoms with van der Waals surface area (Å²) in [6.07, 6.45) is 13.7. The molecule has 2 aliphatic rings. The lowest BCUT2D eigenvalue weighted by molar-refractivity contribution is -0.117. The van der Waals surface area contributed by atoms with Gasteiger partial charge in [-0.05, 0) is 106 Å². The number of Topliss-reactive ketones (excluding diaryl/α,β-unsaturated/α-hetero) is 1. The van der Waals surface area contributed by atoms with E-state index in [2.05, 4.69) is 55.2 Å². The number of hydrogen-bond acceptors (Lipinski definition) is 2. The number of allylic oxidation sites excluding steroid dienone is 3. The van der Waals surface area contributed by atoms with Crippen LogP contribution in [-0.4, -0.2) is 11.7 Å². The third kappa shape index (κ3) is 6.63. The molecule has 2 aliphatic carbocycles. The lowest BCUT2D eigenvalue weighted by Gasteiger charge is -2.31. The first-order valence-electron chi connectivity index (χ1n) is 13.8. The highest BCUT2D eigenvalue weighted by Crippen LogP contribution is 2.43. The highest BCUT2D eigenvalue weighted by atomic mass is 16.2. The summed E-state index contributed by atoms with van der Waals surface area (Å²) >= 11 is 0. The van der Waals surface area contributed by atoms with Gasteiger partial charge in [0.15, 0.2) is 5.78 Å². The third-order valence-corrected chi connectivity index (χ3v) is 8.09. The molecule has 0 unspecified atom stereocenters. The van der Waals surface area contributed by atoms with Crippen LogP contribution in [0.4, 0.5) is 5.69 Å². The SMILES string of the molecule is C=CCC(=CC)CCCC(=O)c1ccc(C2CCC(c3ccccc3C)CC2)c(NC(=O)C2CC2)c1. The standard InChI is InChI=1S/C33H41NO2/c1-4-9-24(5-2)11-8-13-32(35)28-20-21-30(31(22-28)34-33(36)27-18-19-27)26-16-14-25(15-17-26)29-12-7-6-10-23(29)3/h4-7,10,12,20-22,25-27H,1,8-9,11,13-19H2,2-3H3,(H,34,36). The van der Waals surface area contributed by atoms with Gasteiger partial charge in [0.1, 0.15) is 0 Å². The summed E-state index contributed by atoms with van der Waals surface area (Å²) in [4.78, 5) is 25.7. The van der Waals surface area contributed by atoms with Crippen molar-refractivity contribution in [2.24, 2.45) is 5.92 Å². The van der Waals surface area contributed by atoms with Crippen molar-refractivity contribution in [2.45, 2.75) is 89.9 Å². The van der Waals surface area contributed by atoms with Crippen molar-refractivity contribution in [3.05, 3.63) is 89.0 Å². The predicted octanol–water partition coefficient (Wildman–Crippen LogP) is 8.66. The Morgan fingerprint density at radius 2 is 1.64 bits per heavy atom. The van der Waals surface area contributed by atoms with Crippen molar-refractivity contribution in [3.63, 3.8) is 0 Å². The maximum Gasteiger partial charge on any atom is 0.227 e. The van der Waals surface area contributed by atoms with Gasteiger partial charge in [0.2, 0.25) is 5.91 Å². The fourth-order valence-electron chi connectivity index (χ4n) is 5.70. The number of rotatable bonds is 11. The third-order valence-electron chi connectivity index (χ3n) is 8.09. The van der Waals surface area contributed by atoms with Crippen molar-refractivity contribution in [3.8, 4) is 0 Å². The molecule has 1 N–H and O–H groups in total. The van der Waals surface area contributed by atoms with Crippen molar-refractivity contribution >= 4 is 17.4 Å². The van der Waals surface area contributed by atoms with Gasteiger partial charge in [-0.15, -0.1) is 6.58 Å². The fraction of sp³-hybridized carbons (Fsp3) is 0.455. The zero-order valence-electron chi connectivity index (χ0n) is 22.0. The molecular weight excluding hydrogens is 442 g/mol. The van der Waals surface area contributed by atoms with E-state index in [1.807, 2.05) is 25.1 Å². The van der Waals surface area contributed by atoms with E-state index < -0.39 is 0 Å². The number of aryl methyl sites for hydroxylation is 1. The highest BCUT2D eigenvalue weighted by molar-refractivity contribution is 6.00. The van der Waals surface area contributed by atoms with E-state index >= 15 is 0 Å². The molecule has 0 saturated heterocycles. The molecule has 36 heavy (non-hydrogen) atoms. The van der Waals surface area contributed by atoms with Crippen molar-refractivity contribution in [2.75, 3.05) is 5.32 Å². The molecule has 0 aromatic heterocycles. The van der Waals surface area contributed by atoms with Gasteiger partial charge in [-0.3, -0.25) is 9.59 Å². The smallest absolute Gasteiger partial charge is 0.227 e. The van der Waals surface area contributed by atoms with E-state index in [9.17, 15) is 9.59 Å². The monoisotopic (exact) mass is 483 g/mol. The molecule has 0 aliphatic heterocycles. The average Bonchev–Trinajstić information content (AvgIpc) is 3.74. The van der Waals surface area contributed by atoms with Crippen LogP contribution >= 0.6 is 0 Å². The van der Waals surface area contributed by atoms with Crippen LogP contribution in [0.3, 0.4) is 0 Å². The summed E-state index contributed by atoms with van der Waals surface area (Å²) in [6, 6.07) is 14.8. The van der Waals surface area contributed by atoms with Crippen LogP contribution in [0.5, 0.6) is 0 Å². The summed E-state index contributed by atoms with van der Waals surface area (Å²) in [6.45, 7) is 8.07. The fourth-order valence-corrected chi connectivity index (χ4v) is 5.70. The van der Waals surface area contributed by atoms with E-state index in [-0.39, 0.29) is 17.6 Å². The summed E-state index contributed by atoms with van der Waals surface area (Å²) < 4.78 is 0. The van der Waals surface area contributed by atoms with Gasteiger partial charge in [0, 0.05) is 23.6 Å². The van der Waals surface area contributed by atoms with Crippen LogP contribution in [-0.2, 0) is 4.79 Å². The molecule has 2 saturated carbocycles. The summed E-state index contributed by atoms with van der Waals surface area (Å²) in [7, 11) is 0. The van der Waals surface area contributed by atoms with E-state index in [0.717, 1.165) is 63.5 Å². The summed E-state index contributed by atoms with van der Waals surface area (Å²) in [5, 5.41) is 3.21. The Hall–Kier alpha value is -2.94. The van der Waals surface area contributed by atoms with E-state index in [4.69, 9.17) is 0 Å². The van der Waals surface area contributed by atoms with Crippen LogP contribution in [0.1, 0.15) is 110 Å². The molecule has 2 aromatic carbocycles. The Morgan fingerprint density at radius 1 is 0.944 bits per heavy atom. The number of benzene rings is 2. The average molecular weight is 484 g/mol. The number of hydrogen-bond donors (Lipinski definition) is 1. The minimum atomic E-state index is 0.108. The highest BCUT2D eigenvalue weighted by Gasteiger charge is 2.31. The minimum absolute atomic E-state index is 0.108. The van der Waals surface area contributed by atoms with E-state index in [0.29, 0.717) is 23.8 Å². The van der Waals surface area contributed by atoms with Crippen LogP contribution in [0, 0.1) is 12.8 Å². The Balaban J connectivity index is 1.45. The molecule has 0 bridgehead atoms. The van der Waals surface area contributed by atoms with Gasteiger partial charge in [0.05, 0.1) is 0 Å². The lowest BCUT2D eigenvalue weighted by atomic mass is 9.75. The molecule has 3 heteroatoms. The normalized spacial score (nSPS) is 20.1. The van der Waals surface area contributed by atoms with Gasteiger partial charge in [-0.1, -0.05) is 54.1 Å². The quantitative estimate of drug-likeness (QED) is 0.257. The molecule has 2 fully saturated rings. The van der Waals surface area contributed by atoms with Gasteiger partial charge in [-0.2, -0.15) is 0 Å². The molecule has 0 atom stereocenters. The van der Waals surface area contributed by atoms with Gasteiger partial charge in [0.25, 0.3) is 0 Å². The Morgan fingerprint density at radius 3 is 2.28 bits per heavy atom. The summed E-state index contributed by atoms with van der Waals surface area (Å²) in [5.74, 6) is 1.42. The van der Waals surface area contributed by atoms with E-state index in [1.54, 1.807) is 0 Å². The first-order chi connectivity index (χ1) is 17.5. The van der Waals surface area contributed by atoms with Gasteiger partial charge >= 0.3 is 0 Å². The van der Waals surface area contributed by atoms with Crippen LogP contribution in [0.2, 0.25) is 0 Å². The van der Waals surface area contributed by atoms with Gasteiger partial charge in [-0.25, -0.2) is 0 Å². The first-order valence-corrected chi connectivity index (χ1v) is 13.8. The second kappa shape index (κ2) is 12.3. The number of carbonyl (C=O) groups is 2. The van der Waals surface area contributed by atoms with Crippen molar-refractivity contribution < 1.29 is 9.59 Å². The molecule has 4 rings (SSSR count). The van der Waals surface area contributed by atoms with Crippen LogP contribution < -0.4 is 5.32 Å². The summed E-state index contributed by atoms with van der Waals surface area (Å²) in [5.41, 5.74) is 6.96. The van der Waals surface area contributed by atoms with Crippen LogP contribution in [0.25, 0.3) is 0 Å². The topological polar surface area (TPSA) is 46.2 Å². The van der Waals surface area contributed by atoms with E-state index in [1.165, 1.54) is 22.3 Å². The molecule has 0 radical (unpaired) electrons. The number of ketones is 1. The first kappa shape index (κ1) is 26.1. The second-order valence-corrected chi connectivity index (χ2v) is 10.7. The zero-order chi connectivity index (χ0) is 25.5. The van der Waals surface area contributed by atoms with Gasteiger partial charge < -0.3 is 5.32 Å². The lowest BCUT2D eigenvalue weighted by Crippen LogP contribution is -2.18. The molecule has 2 aromatic rings. The number of nitrogens with one attached hydrogen (secondary N) is 1. The number of carbonyl (C=O) groups excluding carboxylic acids is 2. The Labute approximate surface area is 217 Å². The minimum Gasteiger partial charge on any atom is -0.326 e. The second-order valence-electron chi connectivity index (χ2n) is 10.7. The Bertz CT molecular complexity index is 1120. The van der Waals surface area contributed by atoms with Crippen molar-refractivity contribution in [1.82, 2.24) is 0 Å². The number of anilines is 1. The molecule has 1 amide bonds. The predicted molar refractivity (Wildman–Crippen MR) is 150 cm³/mol. The largest absolute Gasteiger partial charge is 0.326 e. The molecule has 0 heterocycles. The Kier molecular flexibility index (Phi) is 8.96.